The van der Waals surface area contributed by atoms with Gasteiger partial charge in [0.1, 0.15) is 11.4 Å². The number of carbonyl (C=O) groups is 2. The highest BCUT2D eigenvalue weighted by Gasteiger charge is 2.25. The first-order chi connectivity index (χ1) is 11.8. The lowest BCUT2D eigenvalue weighted by atomic mass is 10.1. The molecule has 0 aliphatic carbocycles. The number of nitrogens with zero attached hydrogens (tertiary/aromatic N) is 2. The van der Waals surface area contributed by atoms with Crippen molar-refractivity contribution in [1.29, 1.82) is 0 Å². The Labute approximate surface area is 150 Å². The Morgan fingerprint density at radius 1 is 1.28 bits per heavy atom. The van der Waals surface area contributed by atoms with Crippen LogP contribution in [-0.4, -0.2) is 36.0 Å². The van der Waals surface area contributed by atoms with Crippen LogP contribution in [0.2, 0.25) is 0 Å². The fraction of sp³-hybridized carbons (Fsp3) is 0.294. The third-order valence-corrected chi connectivity index (χ3v) is 3.68. The summed E-state index contributed by atoms with van der Waals surface area (Å²) in [4.78, 5) is 23.1. The first kappa shape index (κ1) is 18.7. The van der Waals surface area contributed by atoms with Crippen LogP contribution in [0.4, 0.5) is 0 Å². The van der Waals surface area contributed by atoms with Crippen LogP contribution in [0.15, 0.2) is 45.4 Å². The molecule has 1 N–H and O–H groups in total. The van der Waals surface area contributed by atoms with Crippen LogP contribution >= 0.6 is 11.8 Å². The van der Waals surface area contributed by atoms with E-state index < -0.39 is 11.9 Å². The van der Waals surface area contributed by atoms with E-state index in [1.807, 2.05) is 45.0 Å². The van der Waals surface area contributed by atoms with E-state index in [0.717, 1.165) is 23.4 Å². The van der Waals surface area contributed by atoms with Crippen LogP contribution in [0.1, 0.15) is 26.3 Å². The minimum absolute atomic E-state index is 0.206. The Morgan fingerprint density at radius 3 is 2.68 bits per heavy atom. The van der Waals surface area contributed by atoms with Crippen molar-refractivity contribution < 1.29 is 19.1 Å². The summed E-state index contributed by atoms with van der Waals surface area (Å²) in [5.74, 6) is -0.329. The van der Waals surface area contributed by atoms with Gasteiger partial charge in [-0.2, -0.15) is 5.10 Å². The summed E-state index contributed by atoms with van der Waals surface area (Å²) in [6.45, 7) is 5.88. The van der Waals surface area contributed by atoms with E-state index in [9.17, 15) is 9.59 Å². The third-order valence-electron chi connectivity index (χ3n) is 2.78. The maximum Gasteiger partial charge on any atom is 0.331 e. The van der Waals surface area contributed by atoms with Gasteiger partial charge in [0.2, 0.25) is 0 Å². The Hall–Kier alpha value is -2.61. The number of methoxy groups -OCH3 is 1. The highest BCUT2D eigenvalue weighted by atomic mass is 32.2. The summed E-state index contributed by atoms with van der Waals surface area (Å²) < 4.78 is 10.4. The highest BCUT2D eigenvalue weighted by Crippen LogP contribution is 2.24. The zero-order chi connectivity index (χ0) is 18.4. The first-order valence-electron chi connectivity index (χ1n) is 7.46. The Bertz CT molecular complexity index is 763. The molecule has 1 aliphatic rings. The van der Waals surface area contributed by atoms with Gasteiger partial charge < -0.3 is 9.47 Å². The maximum atomic E-state index is 11.7. The molecule has 8 heteroatoms. The second-order valence-electron chi connectivity index (χ2n) is 5.99. The van der Waals surface area contributed by atoms with Crippen LogP contribution in [0, 0.1) is 0 Å². The lowest BCUT2D eigenvalue weighted by Crippen LogP contribution is -2.23. The third kappa shape index (κ3) is 5.75. The second-order valence-corrected chi connectivity index (χ2v) is 7.02. The fourth-order valence-corrected chi connectivity index (χ4v) is 2.53. The molecule has 7 nitrogen and oxygen atoms in total. The number of hydrogen-bond donors (Lipinski definition) is 1. The normalized spacial score (nSPS) is 18.0. The number of benzene rings is 1. The van der Waals surface area contributed by atoms with E-state index in [0.29, 0.717) is 5.75 Å². The van der Waals surface area contributed by atoms with Crippen LogP contribution in [0.5, 0.6) is 5.75 Å². The van der Waals surface area contributed by atoms with Gasteiger partial charge in [0.15, 0.2) is 5.17 Å². The van der Waals surface area contributed by atoms with E-state index in [-0.39, 0.29) is 15.7 Å². The van der Waals surface area contributed by atoms with E-state index in [4.69, 9.17) is 4.74 Å². The van der Waals surface area contributed by atoms with Crippen molar-refractivity contribution in [3.8, 4) is 5.75 Å². The molecule has 0 aromatic heterocycles. The molecule has 1 aromatic carbocycles. The molecule has 1 aromatic rings. The van der Waals surface area contributed by atoms with Gasteiger partial charge in [0.25, 0.3) is 5.91 Å². The van der Waals surface area contributed by atoms with Gasteiger partial charge in [0, 0.05) is 11.6 Å². The first-order valence-corrected chi connectivity index (χ1v) is 8.28. The quantitative estimate of drug-likeness (QED) is 0.385. The molecule has 0 atom stereocenters. The van der Waals surface area contributed by atoms with E-state index in [1.165, 1.54) is 7.11 Å². The Morgan fingerprint density at radius 2 is 2.00 bits per heavy atom. The molecule has 0 unspecified atom stereocenters. The number of esters is 1. The van der Waals surface area contributed by atoms with Crippen molar-refractivity contribution in [3.63, 3.8) is 0 Å². The summed E-state index contributed by atoms with van der Waals surface area (Å²) in [6, 6.07) is 7.45. The summed E-state index contributed by atoms with van der Waals surface area (Å²) in [7, 11) is 1.24. The summed E-state index contributed by atoms with van der Waals surface area (Å²) >= 11 is 1.02. The van der Waals surface area contributed by atoms with Crippen molar-refractivity contribution >= 4 is 35.0 Å². The average Bonchev–Trinajstić information content (AvgIpc) is 2.87. The minimum atomic E-state index is -0.601. The van der Waals surface area contributed by atoms with E-state index >= 15 is 0 Å². The number of hydrogen-bond acceptors (Lipinski definition) is 7. The predicted molar refractivity (Wildman–Crippen MR) is 97.7 cm³/mol. The molecule has 1 heterocycles. The standard InChI is InChI=1S/C17H19N3O4S/c1-17(2,3)24-12-8-6-5-7-11(12)10-18-20-16-19-15(22)13(25-16)9-14(21)23-4/h5-10H,1-4H3,(H,19,20,22)/b13-9+,18-10?. The van der Waals surface area contributed by atoms with Gasteiger partial charge >= 0.3 is 5.97 Å². The number of para-hydroxylation sites is 1. The lowest BCUT2D eigenvalue weighted by Gasteiger charge is -2.22. The molecule has 1 saturated heterocycles. The van der Waals surface area contributed by atoms with Gasteiger partial charge in [-0.1, -0.05) is 12.1 Å². The van der Waals surface area contributed by atoms with Gasteiger partial charge in [-0.15, -0.1) is 5.10 Å². The van der Waals surface area contributed by atoms with Crippen molar-refractivity contribution in [3.05, 3.63) is 40.8 Å². The molecule has 0 bridgehead atoms. The number of carbonyl (C=O) groups excluding carboxylic acids is 2. The molecule has 0 spiro atoms. The summed E-state index contributed by atoms with van der Waals surface area (Å²) in [5, 5.41) is 10.8. The molecule has 1 fully saturated rings. The van der Waals surface area contributed by atoms with Crippen molar-refractivity contribution in [2.45, 2.75) is 26.4 Å². The molecule has 2 rings (SSSR count). The summed E-state index contributed by atoms with van der Waals surface area (Å²) in [5.41, 5.74) is 0.431. The molecule has 1 aliphatic heterocycles. The monoisotopic (exact) mass is 361 g/mol. The molecule has 25 heavy (non-hydrogen) atoms. The van der Waals surface area contributed by atoms with Crippen molar-refractivity contribution in [2.75, 3.05) is 7.11 Å². The maximum absolute atomic E-state index is 11.7. The number of thioether (sulfide) groups is 1. The predicted octanol–water partition coefficient (Wildman–Crippen LogP) is 2.47. The molecule has 0 radical (unpaired) electrons. The second kappa shape index (κ2) is 7.98. The average molecular weight is 361 g/mol. The van der Waals surface area contributed by atoms with E-state index in [2.05, 4.69) is 20.3 Å². The Kier molecular flexibility index (Phi) is 5.97. The molecule has 132 valence electrons. The van der Waals surface area contributed by atoms with Gasteiger partial charge in [0.05, 0.1) is 18.2 Å². The minimum Gasteiger partial charge on any atom is -0.487 e. The number of rotatable bonds is 4. The van der Waals surface area contributed by atoms with Crippen molar-refractivity contribution in [2.24, 2.45) is 10.2 Å². The molecular formula is C17H19N3O4S. The Balaban J connectivity index is 2.11. The molecule has 0 saturated carbocycles. The van der Waals surface area contributed by atoms with Gasteiger partial charge in [-0.25, -0.2) is 4.79 Å². The molecular weight excluding hydrogens is 342 g/mol. The zero-order valence-corrected chi connectivity index (χ0v) is 15.2. The number of nitrogens with one attached hydrogen (secondary N) is 1. The van der Waals surface area contributed by atoms with E-state index in [1.54, 1.807) is 6.21 Å². The van der Waals surface area contributed by atoms with Crippen LogP contribution < -0.4 is 10.1 Å². The highest BCUT2D eigenvalue weighted by molar-refractivity contribution is 8.18. The van der Waals surface area contributed by atoms with Gasteiger partial charge in [-0.05, 0) is 44.7 Å². The molecule has 1 amide bonds. The fourth-order valence-electron chi connectivity index (χ4n) is 1.79. The van der Waals surface area contributed by atoms with Crippen LogP contribution in [0.3, 0.4) is 0 Å². The number of ether oxygens (including phenoxy) is 2. The summed E-state index contributed by atoms with van der Waals surface area (Å²) in [6.07, 6.45) is 2.65. The number of amidine groups is 1. The van der Waals surface area contributed by atoms with Crippen LogP contribution in [-0.2, 0) is 14.3 Å². The lowest BCUT2D eigenvalue weighted by molar-refractivity contribution is -0.135. The van der Waals surface area contributed by atoms with Crippen LogP contribution in [0.25, 0.3) is 0 Å². The largest absolute Gasteiger partial charge is 0.487 e. The number of amides is 1. The smallest absolute Gasteiger partial charge is 0.331 e. The SMILES string of the molecule is COC(=O)/C=C1/S/C(=N\N=Cc2ccccc2OC(C)(C)C)NC1=O. The van der Waals surface area contributed by atoms with Gasteiger partial charge in [-0.3, -0.25) is 10.1 Å². The topological polar surface area (TPSA) is 89.3 Å². The zero-order valence-electron chi connectivity index (χ0n) is 14.4. The van der Waals surface area contributed by atoms with Crippen molar-refractivity contribution in [1.82, 2.24) is 5.32 Å².